The molecule has 2 aromatic carbocycles. The third-order valence-electron chi connectivity index (χ3n) is 4.72. The Morgan fingerprint density at radius 2 is 1.80 bits per heavy atom. The number of hydrogen-bond donors (Lipinski definition) is 2. The van der Waals surface area contributed by atoms with Crippen LogP contribution in [0.2, 0.25) is 0 Å². The number of rotatable bonds is 6. The molecule has 0 bridgehead atoms. The highest BCUT2D eigenvalue weighted by Gasteiger charge is 2.32. The third-order valence-corrected chi connectivity index (χ3v) is 4.72. The van der Waals surface area contributed by atoms with E-state index in [0.29, 0.717) is 11.4 Å². The monoisotopic (exact) mass is 408 g/mol. The van der Waals surface area contributed by atoms with E-state index in [2.05, 4.69) is 15.6 Å². The van der Waals surface area contributed by atoms with Crippen molar-refractivity contribution in [3.63, 3.8) is 0 Å². The fourth-order valence-corrected chi connectivity index (χ4v) is 3.18. The van der Waals surface area contributed by atoms with Crippen molar-refractivity contribution in [3.05, 3.63) is 65.7 Å². The summed E-state index contributed by atoms with van der Waals surface area (Å²) in [4.78, 5) is 43.5. The van der Waals surface area contributed by atoms with Gasteiger partial charge in [0.1, 0.15) is 12.6 Å². The number of ether oxygens (including phenoxy) is 1. The first kappa shape index (κ1) is 21.2. The minimum atomic E-state index is -1.13. The predicted octanol–water partition coefficient (Wildman–Crippen LogP) is 1.09. The second-order valence-corrected chi connectivity index (χ2v) is 6.89. The van der Waals surface area contributed by atoms with Gasteiger partial charge in [0.05, 0.1) is 11.4 Å². The van der Waals surface area contributed by atoms with Crippen molar-refractivity contribution in [2.45, 2.75) is 19.1 Å². The van der Waals surface area contributed by atoms with Crippen LogP contribution in [0.1, 0.15) is 18.1 Å². The topological polar surface area (TPSA) is 100 Å². The molecule has 8 heteroatoms. The summed E-state index contributed by atoms with van der Waals surface area (Å²) >= 11 is 0. The molecule has 0 aromatic heterocycles. The van der Waals surface area contributed by atoms with Gasteiger partial charge in [-0.25, -0.2) is 4.99 Å². The number of anilines is 1. The number of benzodiazepines with no additional fused rings is 1. The lowest BCUT2D eigenvalue weighted by atomic mass is 10.0. The van der Waals surface area contributed by atoms with Crippen LogP contribution in [0.15, 0.2) is 59.6 Å². The van der Waals surface area contributed by atoms with E-state index in [-0.39, 0.29) is 12.5 Å². The van der Waals surface area contributed by atoms with E-state index >= 15 is 0 Å². The second kappa shape index (κ2) is 9.32. The molecule has 2 aromatic rings. The van der Waals surface area contributed by atoms with E-state index in [1.54, 1.807) is 7.05 Å². The van der Waals surface area contributed by atoms with Gasteiger partial charge in [-0.1, -0.05) is 48.5 Å². The summed E-state index contributed by atoms with van der Waals surface area (Å²) in [6.07, 6.45) is -1.13. The normalized spacial score (nSPS) is 16.8. The summed E-state index contributed by atoms with van der Waals surface area (Å²) in [7, 11) is 3.04. The van der Waals surface area contributed by atoms with Gasteiger partial charge in [0.2, 0.25) is 18.0 Å². The summed E-state index contributed by atoms with van der Waals surface area (Å²) in [5.41, 5.74) is 2.92. The van der Waals surface area contributed by atoms with Crippen LogP contribution < -0.4 is 15.5 Å². The van der Waals surface area contributed by atoms with Crippen LogP contribution in [0.25, 0.3) is 0 Å². The molecule has 0 spiro atoms. The molecule has 1 aliphatic heterocycles. The molecule has 0 fully saturated rings. The van der Waals surface area contributed by atoms with E-state index in [1.807, 2.05) is 54.6 Å². The maximum Gasteiger partial charge on any atom is 0.272 e. The largest absolute Gasteiger partial charge is 0.375 e. The number of likely N-dealkylation sites (N-methyl/N-ethyl adjacent to an activating group) is 1. The average Bonchev–Trinajstić information content (AvgIpc) is 2.85. The van der Waals surface area contributed by atoms with E-state index in [0.717, 1.165) is 11.1 Å². The lowest BCUT2D eigenvalue weighted by Crippen LogP contribution is -2.52. The molecule has 0 saturated carbocycles. The first-order valence-corrected chi connectivity index (χ1v) is 9.51. The van der Waals surface area contributed by atoms with Crippen molar-refractivity contribution in [2.75, 3.05) is 25.7 Å². The molecule has 2 N–H and O–H groups in total. The van der Waals surface area contributed by atoms with Crippen LogP contribution >= 0.6 is 0 Å². The Morgan fingerprint density at radius 1 is 1.13 bits per heavy atom. The van der Waals surface area contributed by atoms with Gasteiger partial charge in [-0.3, -0.25) is 14.4 Å². The number of carbonyl (C=O) groups excluding carboxylic acids is 3. The first-order chi connectivity index (χ1) is 14.4. The zero-order valence-corrected chi connectivity index (χ0v) is 17.1. The predicted molar refractivity (Wildman–Crippen MR) is 113 cm³/mol. The maximum absolute atomic E-state index is 13.1. The van der Waals surface area contributed by atoms with Crippen molar-refractivity contribution in [1.29, 1.82) is 0 Å². The fraction of sp³-hybridized carbons (Fsp3) is 0.273. The quantitative estimate of drug-likeness (QED) is 0.747. The van der Waals surface area contributed by atoms with Crippen molar-refractivity contribution < 1.29 is 19.1 Å². The second-order valence-electron chi connectivity index (χ2n) is 6.89. The Bertz CT molecular complexity index is 974. The van der Waals surface area contributed by atoms with Gasteiger partial charge in [-0.15, -0.1) is 0 Å². The average molecular weight is 408 g/mol. The van der Waals surface area contributed by atoms with Gasteiger partial charge in [-0.2, -0.15) is 0 Å². The van der Waals surface area contributed by atoms with Gasteiger partial charge >= 0.3 is 0 Å². The lowest BCUT2D eigenvalue weighted by Gasteiger charge is -2.22. The van der Waals surface area contributed by atoms with Crippen LogP contribution in [0.3, 0.4) is 0 Å². The van der Waals surface area contributed by atoms with Gasteiger partial charge in [-0.05, 0) is 13.0 Å². The molecular weight excluding hydrogens is 384 g/mol. The summed E-state index contributed by atoms with van der Waals surface area (Å²) in [6.45, 7) is 1.37. The molecule has 30 heavy (non-hydrogen) atoms. The molecule has 1 aliphatic rings. The van der Waals surface area contributed by atoms with Crippen LogP contribution in [0, 0.1) is 0 Å². The van der Waals surface area contributed by atoms with Crippen LogP contribution in [-0.2, 0) is 19.1 Å². The van der Waals surface area contributed by atoms with Crippen molar-refractivity contribution in [2.24, 2.45) is 4.99 Å². The number of para-hydroxylation sites is 1. The first-order valence-electron chi connectivity index (χ1n) is 9.51. The summed E-state index contributed by atoms with van der Waals surface area (Å²) < 4.78 is 4.75. The molecule has 1 heterocycles. The van der Waals surface area contributed by atoms with E-state index in [4.69, 9.17) is 4.74 Å². The van der Waals surface area contributed by atoms with Crippen LogP contribution in [-0.4, -0.2) is 56.4 Å². The Morgan fingerprint density at radius 3 is 2.50 bits per heavy atom. The molecule has 2 atom stereocenters. The molecule has 8 nitrogen and oxygen atoms in total. The summed E-state index contributed by atoms with van der Waals surface area (Å²) in [5, 5.41) is 5.17. The summed E-state index contributed by atoms with van der Waals surface area (Å²) in [5.74, 6) is -1.32. The smallest absolute Gasteiger partial charge is 0.272 e. The number of benzene rings is 2. The van der Waals surface area contributed by atoms with Gasteiger partial charge in [0.25, 0.3) is 5.91 Å². The SMILES string of the molecule is COCC(=O)N[C@@H](C)C(=O)NC1N=C(c2ccccc2)c2ccccc2N(C)C1=O. The minimum Gasteiger partial charge on any atom is -0.375 e. The Kier molecular flexibility index (Phi) is 6.58. The zero-order valence-electron chi connectivity index (χ0n) is 17.1. The molecule has 1 unspecified atom stereocenters. The Balaban J connectivity index is 1.94. The highest BCUT2D eigenvalue weighted by molar-refractivity contribution is 6.20. The minimum absolute atomic E-state index is 0.158. The Hall–Kier alpha value is -3.52. The van der Waals surface area contributed by atoms with E-state index < -0.39 is 24.0 Å². The number of nitrogens with zero attached hydrogens (tertiary/aromatic N) is 2. The van der Waals surface area contributed by atoms with Gasteiger partial charge in [0.15, 0.2) is 0 Å². The molecular formula is C22H24N4O4. The van der Waals surface area contributed by atoms with Gasteiger partial charge < -0.3 is 20.3 Å². The van der Waals surface area contributed by atoms with Gasteiger partial charge in [0, 0.05) is 25.3 Å². The number of nitrogens with one attached hydrogen (secondary N) is 2. The molecule has 3 amide bonds. The maximum atomic E-state index is 13.1. The van der Waals surface area contributed by atoms with Crippen LogP contribution in [0.4, 0.5) is 5.69 Å². The highest BCUT2D eigenvalue weighted by Crippen LogP contribution is 2.27. The standard InChI is InChI=1S/C22H24N4O4/c1-14(23-18(27)13-30-3)21(28)25-20-22(29)26(2)17-12-8-7-11-16(17)19(24-20)15-9-5-4-6-10-15/h4-12,14,20H,13H2,1-3H3,(H,23,27)(H,25,28)/t14-,20?/m0/s1. The summed E-state index contributed by atoms with van der Waals surface area (Å²) in [6, 6.07) is 16.1. The third kappa shape index (κ3) is 4.55. The molecule has 0 aliphatic carbocycles. The van der Waals surface area contributed by atoms with Crippen LogP contribution in [0.5, 0.6) is 0 Å². The van der Waals surface area contributed by atoms with E-state index in [1.165, 1.54) is 18.9 Å². The molecule has 0 saturated heterocycles. The number of hydrogen-bond acceptors (Lipinski definition) is 5. The number of aliphatic imine (C=N–C) groups is 1. The van der Waals surface area contributed by atoms with E-state index in [9.17, 15) is 14.4 Å². The fourth-order valence-electron chi connectivity index (χ4n) is 3.18. The zero-order chi connectivity index (χ0) is 21.7. The molecule has 156 valence electrons. The number of fused-ring (bicyclic) bond motifs is 1. The highest BCUT2D eigenvalue weighted by atomic mass is 16.5. The molecule has 0 radical (unpaired) electrons. The number of carbonyl (C=O) groups is 3. The van der Waals surface area contributed by atoms with Crippen molar-refractivity contribution in [1.82, 2.24) is 10.6 Å². The van der Waals surface area contributed by atoms with Crippen molar-refractivity contribution in [3.8, 4) is 0 Å². The Labute approximate surface area is 174 Å². The number of amides is 3. The van der Waals surface area contributed by atoms with Crippen molar-refractivity contribution >= 4 is 29.1 Å². The molecule has 3 rings (SSSR count). The number of methoxy groups -OCH3 is 1. The lowest BCUT2D eigenvalue weighted by molar-refractivity contribution is -0.132.